The Bertz CT molecular complexity index is 990. The molecule has 4 rings (SSSR count). The van der Waals surface area contributed by atoms with Crippen LogP contribution in [-0.2, 0) is 0 Å². The molecule has 0 saturated carbocycles. The molecule has 4 heteroatoms. The van der Waals surface area contributed by atoms with Crippen molar-refractivity contribution in [2.45, 2.75) is 6.92 Å². The van der Waals surface area contributed by atoms with Gasteiger partial charge in [0, 0.05) is 17.5 Å². The zero-order chi connectivity index (χ0) is 15.8. The van der Waals surface area contributed by atoms with Gasteiger partial charge >= 0.3 is 0 Å². The zero-order valence-corrected chi connectivity index (χ0v) is 14.2. The highest BCUT2D eigenvalue weighted by Gasteiger charge is 2.14. The van der Waals surface area contributed by atoms with Gasteiger partial charge in [0.05, 0.1) is 15.7 Å². The minimum absolute atomic E-state index is 0.860. The van der Waals surface area contributed by atoms with Crippen molar-refractivity contribution in [1.82, 2.24) is 14.6 Å². The molecule has 112 valence electrons. The summed E-state index contributed by atoms with van der Waals surface area (Å²) >= 11 is 3.67. The number of hydrogen-bond donors (Lipinski definition) is 0. The van der Waals surface area contributed by atoms with Crippen molar-refractivity contribution in [3.8, 4) is 22.5 Å². The highest BCUT2D eigenvalue weighted by molar-refractivity contribution is 9.10. The third kappa shape index (κ3) is 2.55. The van der Waals surface area contributed by atoms with E-state index >= 15 is 0 Å². The van der Waals surface area contributed by atoms with Crippen molar-refractivity contribution in [3.05, 3.63) is 77.0 Å². The van der Waals surface area contributed by atoms with Gasteiger partial charge in [-0.3, -0.25) is 4.98 Å². The summed E-state index contributed by atoms with van der Waals surface area (Å²) in [6.07, 6.45) is 2.05. The van der Waals surface area contributed by atoms with E-state index in [1.54, 1.807) is 0 Å². The highest BCUT2D eigenvalue weighted by atomic mass is 79.9. The molecule has 3 heterocycles. The SMILES string of the molecule is Cc1cccc(-c2nn3cc(-c4ccccc4)ccc3c2Br)n1. The molecule has 3 nitrogen and oxygen atoms in total. The second kappa shape index (κ2) is 5.63. The van der Waals surface area contributed by atoms with Crippen molar-refractivity contribution >= 4 is 21.4 Å². The Labute approximate surface area is 142 Å². The molecule has 0 amide bonds. The Balaban J connectivity index is 1.88. The predicted octanol–water partition coefficient (Wildman–Crippen LogP) is 5.13. The Morgan fingerprint density at radius 1 is 0.870 bits per heavy atom. The topological polar surface area (TPSA) is 30.2 Å². The first-order valence-electron chi connectivity index (χ1n) is 7.40. The van der Waals surface area contributed by atoms with E-state index in [1.165, 1.54) is 5.56 Å². The molecule has 1 aromatic carbocycles. The summed E-state index contributed by atoms with van der Waals surface area (Å²) in [5, 5.41) is 4.72. The summed E-state index contributed by atoms with van der Waals surface area (Å²) in [5.41, 5.74) is 6.06. The number of nitrogens with zero attached hydrogens (tertiary/aromatic N) is 3. The summed E-state index contributed by atoms with van der Waals surface area (Å²) in [5.74, 6) is 0. The summed E-state index contributed by atoms with van der Waals surface area (Å²) < 4.78 is 2.88. The minimum atomic E-state index is 0.860. The molecule has 23 heavy (non-hydrogen) atoms. The molecule has 0 aliphatic carbocycles. The van der Waals surface area contributed by atoms with E-state index in [1.807, 2.05) is 47.8 Å². The molecule has 0 spiro atoms. The van der Waals surface area contributed by atoms with Crippen LogP contribution in [0.25, 0.3) is 28.0 Å². The van der Waals surface area contributed by atoms with Crippen molar-refractivity contribution in [3.63, 3.8) is 0 Å². The second-order valence-corrected chi connectivity index (χ2v) is 6.23. The average molecular weight is 364 g/mol. The summed E-state index contributed by atoms with van der Waals surface area (Å²) in [4.78, 5) is 4.57. The van der Waals surface area contributed by atoms with E-state index in [-0.39, 0.29) is 0 Å². The van der Waals surface area contributed by atoms with E-state index in [9.17, 15) is 0 Å². The molecule has 0 atom stereocenters. The van der Waals surface area contributed by atoms with Crippen molar-refractivity contribution in [2.24, 2.45) is 0 Å². The smallest absolute Gasteiger partial charge is 0.126 e. The fourth-order valence-electron chi connectivity index (χ4n) is 2.66. The van der Waals surface area contributed by atoms with Crippen LogP contribution >= 0.6 is 15.9 Å². The maximum absolute atomic E-state index is 4.72. The van der Waals surface area contributed by atoms with Gasteiger partial charge in [-0.2, -0.15) is 5.10 Å². The van der Waals surface area contributed by atoms with E-state index < -0.39 is 0 Å². The lowest BCUT2D eigenvalue weighted by Crippen LogP contribution is -1.90. The molecule has 0 aliphatic rings. The quantitative estimate of drug-likeness (QED) is 0.493. The number of benzene rings is 1. The minimum Gasteiger partial charge on any atom is -0.251 e. The Morgan fingerprint density at radius 2 is 1.70 bits per heavy atom. The van der Waals surface area contributed by atoms with Gasteiger partial charge in [-0.05, 0) is 46.6 Å². The van der Waals surface area contributed by atoms with Gasteiger partial charge < -0.3 is 0 Å². The van der Waals surface area contributed by atoms with E-state index in [0.717, 1.165) is 32.6 Å². The van der Waals surface area contributed by atoms with Gasteiger partial charge in [0.15, 0.2) is 0 Å². The van der Waals surface area contributed by atoms with Crippen molar-refractivity contribution in [1.29, 1.82) is 0 Å². The number of halogens is 1. The Kier molecular flexibility index (Phi) is 3.46. The van der Waals surface area contributed by atoms with E-state index in [2.05, 4.69) is 51.4 Å². The average Bonchev–Trinajstić information content (AvgIpc) is 2.92. The first-order valence-corrected chi connectivity index (χ1v) is 8.19. The summed E-state index contributed by atoms with van der Waals surface area (Å²) in [7, 11) is 0. The molecular formula is C19H14BrN3. The monoisotopic (exact) mass is 363 g/mol. The maximum Gasteiger partial charge on any atom is 0.126 e. The molecule has 4 aromatic rings. The van der Waals surface area contributed by atoms with Crippen LogP contribution in [0, 0.1) is 6.92 Å². The highest BCUT2D eigenvalue weighted by Crippen LogP contribution is 2.31. The Hall–Kier alpha value is -2.46. The second-order valence-electron chi connectivity index (χ2n) is 5.44. The van der Waals surface area contributed by atoms with Crippen LogP contribution in [0.2, 0.25) is 0 Å². The van der Waals surface area contributed by atoms with Gasteiger partial charge in [0.25, 0.3) is 0 Å². The van der Waals surface area contributed by atoms with Crippen LogP contribution in [0.5, 0.6) is 0 Å². The number of rotatable bonds is 2. The molecular weight excluding hydrogens is 350 g/mol. The number of aromatic nitrogens is 3. The van der Waals surface area contributed by atoms with Crippen LogP contribution in [0.1, 0.15) is 5.69 Å². The van der Waals surface area contributed by atoms with E-state index in [0.29, 0.717) is 0 Å². The molecule has 0 aliphatic heterocycles. The predicted molar refractivity (Wildman–Crippen MR) is 96.3 cm³/mol. The van der Waals surface area contributed by atoms with Crippen molar-refractivity contribution in [2.75, 3.05) is 0 Å². The van der Waals surface area contributed by atoms with Crippen LogP contribution in [0.4, 0.5) is 0 Å². The number of hydrogen-bond acceptors (Lipinski definition) is 2. The fraction of sp³-hybridized carbons (Fsp3) is 0.0526. The Morgan fingerprint density at radius 3 is 2.48 bits per heavy atom. The van der Waals surface area contributed by atoms with Crippen LogP contribution < -0.4 is 0 Å². The third-order valence-electron chi connectivity index (χ3n) is 3.81. The first-order chi connectivity index (χ1) is 11.2. The third-order valence-corrected chi connectivity index (χ3v) is 4.59. The summed E-state index contributed by atoms with van der Waals surface area (Å²) in [6, 6.07) is 20.5. The molecule has 3 aromatic heterocycles. The molecule has 0 N–H and O–H groups in total. The zero-order valence-electron chi connectivity index (χ0n) is 12.6. The first kappa shape index (κ1) is 14.2. The number of fused-ring (bicyclic) bond motifs is 1. The molecule has 0 fully saturated rings. The van der Waals surface area contributed by atoms with Gasteiger partial charge in [-0.1, -0.05) is 42.5 Å². The largest absolute Gasteiger partial charge is 0.251 e. The van der Waals surface area contributed by atoms with Gasteiger partial charge in [0.2, 0.25) is 0 Å². The van der Waals surface area contributed by atoms with Gasteiger partial charge in [-0.15, -0.1) is 0 Å². The lowest BCUT2D eigenvalue weighted by Gasteiger charge is -2.02. The maximum atomic E-state index is 4.72. The van der Waals surface area contributed by atoms with Crippen molar-refractivity contribution < 1.29 is 0 Å². The van der Waals surface area contributed by atoms with Gasteiger partial charge in [-0.25, -0.2) is 4.52 Å². The molecule has 0 unspecified atom stereocenters. The fourth-order valence-corrected chi connectivity index (χ4v) is 3.26. The number of aryl methyl sites for hydroxylation is 1. The van der Waals surface area contributed by atoms with Crippen LogP contribution in [0.3, 0.4) is 0 Å². The number of pyridine rings is 2. The normalized spacial score (nSPS) is 11.0. The van der Waals surface area contributed by atoms with E-state index in [4.69, 9.17) is 5.10 Å². The van der Waals surface area contributed by atoms with Crippen LogP contribution in [0.15, 0.2) is 71.3 Å². The van der Waals surface area contributed by atoms with Gasteiger partial charge in [0.1, 0.15) is 5.69 Å². The molecule has 0 saturated heterocycles. The molecule has 0 bridgehead atoms. The van der Waals surface area contributed by atoms with Crippen LogP contribution in [-0.4, -0.2) is 14.6 Å². The lowest BCUT2D eigenvalue weighted by molar-refractivity contribution is 0.962. The summed E-state index contributed by atoms with van der Waals surface area (Å²) in [6.45, 7) is 1.99. The molecule has 0 radical (unpaired) electrons. The lowest BCUT2D eigenvalue weighted by atomic mass is 10.1. The standard InChI is InChI=1S/C19H14BrN3/c1-13-6-5-9-16(21-13)19-18(20)17-11-10-15(12-23(17)22-19)14-7-3-2-4-8-14/h2-12H,1H3.